The van der Waals surface area contributed by atoms with Gasteiger partial charge >= 0.3 is 0 Å². The van der Waals surface area contributed by atoms with Crippen molar-refractivity contribution in [3.8, 4) is 16.8 Å². The van der Waals surface area contributed by atoms with Gasteiger partial charge in [-0.05, 0) is 53.6 Å². The maximum atomic E-state index is 13.2. The van der Waals surface area contributed by atoms with Gasteiger partial charge in [-0.15, -0.1) is 5.10 Å². The third-order valence-corrected chi connectivity index (χ3v) is 5.91. The van der Waals surface area contributed by atoms with Gasteiger partial charge in [0.05, 0.1) is 5.69 Å². The van der Waals surface area contributed by atoms with E-state index in [0.717, 1.165) is 49.5 Å². The molecule has 1 aromatic heterocycles. The maximum Gasteiger partial charge on any atom is 0.251 e. The predicted octanol–water partition coefficient (Wildman–Crippen LogP) is 1.92. The van der Waals surface area contributed by atoms with Crippen LogP contribution in [0.1, 0.15) is 29.8 Å². The zero-order valence-electron chi connectivity index (χ0n) is 19.2. The first-order valence-electron chi connectivity index (χ1n) is 11.1. The minimum absolute atomic E-state index is 0.0408. The first-order chi connectivity index (χ1) is 15.9. The van der Waals surface area contributed by atoms with Crippen LogP contribution in [0, 0.1) is 6.92 Å². The molecule has 2 amide bonds. The summed E-state index contributed by atoms with van der Waals surface area (Å²) in [6.45, 7) is 9.46. The van der Waals surface area contributed by atoms with Crippen LogP contribution >= 0.6 is 0 Å². The molecule has 172 valence electrons. The lowest BCUT2D eigenvalue weighted by atomic mass is 10.0. The summed E-state index contributed by atoms with van der Waals surface area (Å²) < 4.78 is 1.55. The highest BCUT2D eigenvalue weighted by atomic mass is 16.2. The first kappa shape index (κ1) is 22.6. The molecule has 4 rings (SSSR count). The van der Waals surface area contributed by atoms with E-state index >= 15 is 0 Å². The summed E-state index contributed by atoms with van der Waals surface area (Å²) in [5.74, 6) is -0.0315. The summed E-state index contributed by atoms with van der Waals surface area (Å²) in [5, 5.41) is 14.5. The molecule has 1 unspecified atom stereocenters. The fourth-order valence-corrected chi connectivity index (χ4v) is 4.05. The molecule has 0 saturated carbocycles. The number of aromatic nitrogens is 4. The fraction of sp³-hybridized carbons (Fsp3) is 0.375. The smallest absolute Gasteiger partial charge is 0.251 e. The van der Waals surface area contributed by atoms with E-state index in [-0.39, 0.29) is 17.9 Å². The topological polar surface area (TPSA) is 96.2 Å². The number of tetrazole rings is 1. The Labute approximate surface area is 193 Å². The third-order valence-electron chi connectivity index (χ3n) is 5.91. The summed E-state index contributed by atoms with van der Waals surface area (Å²) in [5.41, 5.74) is 4.37. The van der Waals surface area contributed by atoms with E-state index in [0.29, 0.717) is 5.56 Å². The molecule has 9 heteroatoms. The van der Waals surface area contributed by atoms with E-state index in [2.05, 4.69) is 25.7 Å². The Morgan fingerprint density at radius 1 is 1.03 bits per heavy atom. The van der Waals surface area contributed by atoms with Gasteiger partial charge in [-0.25, -0.2) is 4.68 Å². The minimum atomic E-state index is -0.145. The number of carbonyl (C=O) groups is 2. The van der Waals surface area contributed by atoms with Crippen LogP contribution < -0.4 is 5.32 Å². The van der Waals surface area contributed by atoms with Gasteiger partial charge in [-0.3, -0.25) is 14.5 Å². The Bertz CT molecular complexity index is 1100. The Hall–Kier alpha value is -3.59. The Morgan fingerprint density at radius 2 is 1.76 bits per heavy atom. The molecular formula is C24H29N7O2. The number of nitrogens with zero attached hydrogens (tertiary/aromatic N) is 6. The fourth-order valence-electron chi connectivity index (χ4n) is 4.05. The highest BCUT2D eigenvalue weighted by Crippen LogP contribution is 2.24. The van der Waals surface area contributed by atoms with Crippen molar-refractivity contribution in [2.45, 2.75) is 26.8 Å². The SMILES string of the molecule is CC(=O)N1CCN(CC(C)NC(=O)c2cc(-c3ccc(C)cc3)cc(-n3cnnn3)c2)CC1. The van der Waals surface area contributed by atoms with Crippen molar-refractivity contribution < 1.29 is 9.59 Å². The maximum absolute atomic E-state index is 13.2. The van der Waals surface area contributed by atoms with Crippen LogP contribution in [-0.2, 0) is 4.79 Å². The quantitative estimate of drug-likeness (QED) is 0.620. The van der Waals surface area contributed by atoms with E-state index in [1.165, 1.54) is 11.9 Å². The predicted molar refractivity (Wildman–Crippen MR) is 125 cm³/mol. The van der Waals surface area contributed by atoms with E-state index in [4.69, 9.17) is 0 Å². The van der Waals surface area contributed by atoms with Crippen molar-refractivity contribution in [2.75, 3.05) is 32.7 Å². The lowest BCUT2D eigenvalue weighted by Gasteiger charge is -2.35. The van der Waals surface area contributed by atoms with Gasteiger partial charge in [0.25, 0.3) is 5.91 Å². The Morgan fingerprint density at radius 3 is 2.39 bits per heavy atom. The van der Waals surface area contributed by atoms with E-state index < -0.39 is 0 Å². The number of hydrogen-bond acceptors (Lipinski definition) is 6. The number of piperazine rings is 1. The second kappa shape index (κ2) is 9.91. The van der Waals surface area contributed by atoms with Crippen molar-refractivity contribution in [2.24, 2.45) is 0 Å². The van der Waals surface area contributed by atoms with Crippen LogP contribution in [0.4, 0.5) is 0 Å². The zero-order valence-corrected chi connectivity index (χ0v) is 19.2. The molecule has 1 atom stereocenters. The van der Waals surface area contributed by atoms with Crippen molar-refractivity contribution in [1.82, 2.24) is 35.3 Å². The van der Waals surface area contributed by atoms with Crippen LogP contribution in [0.2, 0.25) is 0 Å². The lowest BCUT2D eigenvalue weighted by Crippen LogP contribution is -2.51. The Kier molecular flexibility index (Phi) is 6.79. The second-order valence-electron chi connectivity index (χ2n) is 8.57. The summed E-state index contributed by atoms with van der Waals surface area (Å²) in [4.78, 5) is 28.8. The van der Waals surface area contributed by atoms with Crippen LogP contribution in [0.25, 0.3) is 16.8 Å². The molecule has 1 saturated heterocycles. The lowest BCUT2D eigenvalue weighted by molar-refractivity contribution is -0.130. The zero-order chi connectivity index (χ0) is 23.4. The highest BCUT2D eigenvalue weighted by Gasteiger charge is 2.21. The molecule has 1 fully saturated rings. The average Bonchev–Trinajstić information content (AvgIpc) is 3.34. The number of amides is 2. The van der Waals surface area contributed by atoms with Gasteiger partial charge in [-0.2, -0.15) is 0 Å². The molecule has 33 heavy (non-hydrogen) atoms. The van der Waals surface area contributed by atoms with E-state index in [9.17, 15) is 9.59 Å². The standard InChI is InChI=1S/C24H29N7O2/c1-17-4-6-20(7-5-17)21-12-22(14-23(13-21)31-16-25-27-28-31)24(33)26-18(2)15-29-8-10-30(11-9-29)19(3)32/h4-7,12-14,16,18H,8-11,15H2,1-3H3,(H,26,33). The first-order valence-corrected chi connectivity index (χ1v) is 11.1. The van der Waals surface area contributed by atoms with Crippen molar-refractivity contribution >= 4 is 11.8 Å². The molecule has 1 aliphatic rings. The molecule has 0 aliphatic carbocycles. The molecule has 9 nitrogen and oxygen atoms in total. The van der Waals surface area contributed by atoms with E-state index in [1.807, 2.05) is 55.1 Å². The molecule has 0 bridgehead atoms. The van der Waals surface area contributed by atoms with Gasteiger partial charge in [0, 0.05) is 51.3 Å². The van der Waals surface area contributed by atoms with Crippen LogP contribution in [0.5, 0.6) is 0 Å². The molecule has 2 aromatic carbocycles. The average molecular weight is 448 g/mol. The van der Waals surface area contributed by atoms with Crippen LogP contribution in [-0.4, -0.2) is 80.6 Å². The van der Waals surface area contributed by atoms with Crippen molar-refractivity contribution in [3.63, 3.8) is 0 Å². The van der Waals surface area contributed by atoms with Gasteiger partial charge in [0.2, 0.25) is 5.91 Å². The van der Waals surface area contributed by atoms with Gasteiger partial charge < -0.3 is 10.2 Å². The third kappa shape index (κ3) is 5.61. The molecule has 0 radical (unpaired) electrons. The van der Waals surface area contributed by atoms with E-state index in [1.54, 1.807) is 17.7 Å². The largest absolute Gasteiger partial charge is 0.348 e. The summed E-state index contributed by atoms with van der Waals surface area (Å²) >= 11 is 0. The molecule has 0 spiro atoms. The number of carbonyl (C=O) groups excluding carboxylic acids is 2. The normalized spacial score (nSPS) is 15.3. The number of aryl methyl sites for hydroxylation is 1. The summed E-state index contributed by atoms with van der Waals surface area (Å²) in [7, 11) is 0. The number of hydrogen-bond donors (Lipinski definition) is 1. The number of benzene rings is 2. The second-order valence-corrected chi connectivity index (χ2v) is 8.57. The van der Waals surface area contributed by atoms with Crippen molar-refractivity contribution in [3.05, 3.63) is 59.9 Å². The van der Waals surface area contributed by atoms with Gasteiger partial charge in [0.1, 0.15) is 6.33 Å². The van der Waals surface area contributed by atoms with Crippen LogP contribution in [0.15, 0.2) is 48.8 Å². The number of nitrogens with one attached hydrogen (secondary N) is 1. The molecule has 1 N–H and O–H groups in total. The Balaban J connectivity index is 1.49. The molecule has 3 aromatic rings. The summed E-state index contributed by atoms with van der Waals surface area (Å²) in [6, 6.07) is 13.8. The number of rotatable bonds is 6. The molecule has 1 aliphatic heterocycles. The van der Waals surface area contributed by atoms with Gasteiger partial charge in [-0.1, -0.05) is 29.8 Å². The van der Waals surface area contributed by atoms with Crippen molar-refractivity contribution in [1.29, 1.82) is 0 Å². The summed E-state index contributed by atoms with van der Waals surface area (Å²) in [6.07, 6.45) is 1.51. The van der Waals surface area contributed by atoms with Gasteiger partial charge in [0.15, 0.2) is 0 Å². The highest BCUT2D eigenvalue weighted by molar-refractivity contribution is 5.96. The monoisotopic (exact) mass is 447 g/mol. The minimum Gasteiger partial charge on any atom is -0.348 e. The molecular weight excluding hydrogens is 418 g/mol. The molecule has 2 heterocycles. The van der Waals surface area contributed by atoms with Crippen LogP contribution in [0.3, 0.4) is 0 Å².